The Balaban J connectivity index is 2.13. The van der Waals surface area contributed by atoms with Gasteiger partial charge in [0, 0.05) is 25.8 Å². The van der Waals surface area contributed by atoms with Crippen LogP contribution in [0, 0.1) is 11.6 Å². The summed E-state index contributed by atoms with van der Waals surface area (Å²) < 4.78 is 32.3. The lowest BCUT2D eigenvalue weighted by atomic mass is 10.0. The van der Waals surface area contributed by atoms with Crippen LogP contribution in [0.5, 0.6) is 0 Å². The molecule has 1 aromatic heterocycles. The molecule has 0 amide bonds. The smallest absolute Gasteiger partial charge is 0.168 e. The molecule has 100 valence electrons. The van der Waals surface area contributed by atoms with E-state index in [9.17, 15) is 8.78 Å². The van der Waals surface area contributed by atoms with E-state index in [2.05, 4.69) is 15.6 Å². The van der Waals surface area contributed by atoms with Crippen molar-refractivity contribution in [3.05, 3.63) is 17.7 Å². The molecule has 6 heteroatoms. The van der Waals surface area contributed by atoms with Crippen LogP contribution < -0.4 is 10.6 Å². The molecule has 1 aliphatic rings. The number of nitrogens with one attached hydrogen (secondary N) is 2. The van der Waals surface area contributed by atoms with Crippen molar-refractivity contribution in [2.75, 3.05) is 24.3 Å². The van der Waals surface area contributed by atoms with Gasteiger partial charge in [-0.3, -0.25) is 0 Å². The first-order chi connectivity index (χ1) is 8.60. The number of hydrogen-bond donors (Lipinski definition) is 2. The number of rotatable bonds is 3. The summed E-state index contributed by atoms with van der Waals surface area (Å²) in [6.45, 7) is 2.61. The standard InChI is InChI=1S/C12H17F2N3O/c1-7-5-8(3-4-18-7)16-12-10(14)6-9(13)11(15-2)17-12/h6-8H,3-5H2,1-2H3,(H2,15,16,17). The van der Waals surface area contributed by atoms with Crippen molar-refractivity contribution in [1.82, 2.24) is 4.98 Å². The zero-order chi connectivity index (χ0) is 13.1. The number of hydrogen-bond acceptors (Lipinski definition) is 4. The number of nitrogens with zero attached hydrogens (tertiary/aromatic N) is 1. The Bertz CT molecular complexity index is 428. The van der Waals surface area contributed by atoms with Gasteiger partial charge in [0.2, 0.25) is 0 Å². The summed E-state index contributed by atoms with van der Waals surface area (Å²) in [5.41, 5.74) is 0. The molecule has 0 aliphatic carbocycles. The molecule has 0 aromatic carbocycles. The highest BCUT2D eigenvalue weighted by molar-refractivity contribution is 5.47. The summed E-state index contributed by atoms with van der Waals surface area (Å²) in [7, 11) is 1.55. The SMILES string of the molecule is CNc1nc(NC2CCOC(C)C2)c(F)cc1F. The second-order valence-electron chi connectivity index (χ2n) is 4.45. The summed E-state index contributed by atoms with van der Waals surface area (Å²) in [4.78, 5) is 3.90. The molecule has 4 nitrogen and oxygen atoms in total. The highest BCUT2D eigenvalue weighted by Gasteiger charge is 2.21. The predicted octanol–water partition coefficient (Wildman–Crippen LogP) is 2.38. The topological polar surface area (TPSA) is 46.2 Å². The zero-order valence-corrected chi connectivity index (χ0v) is 10.5. The van der Waals surface area contributed by atoms with Gasteiger partial charge in [-0.05, 0) is 19.8 Å². The van der Waals surface area contributed by atoms with Gasteiger partial charge in [0.15, 0.2) is 23.3 Å². The van der Waals surface area contributed by atoms with Crippen LogP contribution in [0.4, 0.5) is 20.4 Å². The van der Waals surface area contributed by atoms with Crippen LogP contribution in [0.2, 0.25) is 0 Å². The van der Waals surface area contributed by atoms with Gasteiger partial charge in [-0.1, -0.05) is 0 Å². The molecule has 2 N–H and O–H groups in total. The molecule has 2 atom stereocenters. The number of halogens is 2. The molecule has 1 aromatic rings. The van der Waals surface area contributed by atoms with Gasteiger partial charge >= 0.3 is 0 Å². The molecule has 2 heterocycles. The molecule has 2 rings (SSSR count). The predicted molar refractivity (Wildman–Crippen MR) is 65.8 cm³/mol. The minimum atomic E-state index is -0.694. The fraction of sp³-hybridized carbons (Fsp3) is 0.583. The quantitative estimate of drug-likeness (QED) is 0.872. The largest absolute Gasteiger partial charge is 0.378 e. The first kappa shape index (κ1) is 13.0. The van der Waals surface area contributed by atoms with E-state index in [0.29, 0.717) is 6.61 Å². The summed E-state index contributed by atoms with van der Waals surface area (Å²) in [6.07, 6.45) is 1.72. The Morgan fingerprint density at radius 3 is 2.72 bits per heavy atom. The van der Waals surface area contributed by atoms with Gasteiger partial charge in [-0.2, -0.15) is 0 Å². The average molecular weight is 257 g/mol. The van der Waals surface area contributed by atoms with E-state index >= 15 is 0 Å². The number of pyridine rings is 1. The molecule has 2 unspecified atom stereocenters. The van der Waals surface area contributed by atoms with Gasteiger partial charge in [0.25, 0.3) is 0 Å². The fourth-order valence-electron chi connectivity index (χ4n) is 2.07. The Labute approximate surface area is 105 Å². The van der Waals surface area contributed by atoms with Crippen LogP contribution in [0.25, 0.3) is 0 Å². The molecule has 0 spiro atoms. The Morgan fingerprint density at radius 1 is 1.33 bits per heavy atom. The van der Waals surface area contributed by atoms with Crippen LogP contribution in [-0.4, -0.2) is 30.8 Å². The number of ether oxygens (including phenoxy) is 1. The number of anilines is 2. The van der Waals surface area contributed by atoms with Crippen LogP contribution in [0.15, 0.2) is 6.07 Å². The minimum Gasteiger partial charge on any atom is -0.378 e. The molecule has 0 bridgehead atoms. The van der Waals surface area contributed by atoms with Crippen molar-refractivity contribution in [1.29, 1.82) is 0 Å². The third-order valence-electron chi connectivity index (χ3n) is 2.99. The highest BCUT2D eigenvalue weighted by atomic mass is 19.1. The first-order valence-electron chi connectivity index (χ1n) is 6.02. The minimum absolute atomic E-state index is 0.0407. The second kappa shape index (κ2) is 5.48. The molecule has 1 fully saturated rings. The number of aromatic nitrogens is 1. The third-order valence-corrected chi connectivity index (χ3v) is 2.99. The maximum Gasteiger partial charge on any atom is 0.168 e. The zero-order valence-electron chi connectivity index (χ0n) is 10.5. The molecule has 0 saturated carbocycles. The van der Waals surface area contributed by atoms with E-state index in [1.54, 1.807) is 7.05 Å². The van der Waals surface area contributed by atoms with Gasteiger partial charge < -0.3 is 15.4 Å². The second-order valence-corrected chi connectivity index (χ2v) is 4.45. The Morgan fingerprint density at radius 2 is 2.06 bits per heavy atom. The summed E-state index contributed by atoms with van der Waals surface area (Å²) in [5, 5.41) is 5.60. The van der Waals surface area contributed by atoms with Gasteiger partial charge in [-0.25, -0.2) is 13.8 Å². The Kier molecular flexibility index (Phi) is 3.96. The van der Waals surface area contributed by atoms with E-state index in [4.69, 9.17) is 4.74 Å². The van der Waals surface area contributed by atoms with E-state index in [1.807, 2.05) is 6.92 Å². The van der Waals surface area contributed by atoms with Crippen molar-refractivity contribution in [2.24, 2.45) is 0 Å². The van der Waals surface area contributed by atoms with E-state index in [0.717, 1.165) is 18.9 Å². The van der Waals surface area contributed by atoms with E-state index in [1.165, 1.54) is 0 Å². The van der Waals surface area contributed by atoms with Crippen molar-refractivity contribution in [3.8, 4) is 0 Å². The van der Waals surface area contributed by atoms with E-state index in [-0.39, 0.29) is 23.8 Å². The molecular formula is C12H17F2N3O. The van der Waals surface area contributed by atoms with Crippen molar-refractivity contribution >= 4 is 11.6 Å². The van der Waals surface area contributed by atoms with Crippen LogP contribution >= 0.6 is 0 Å². The van der Waals surface area contributed by atoms with Crippen LogP contribution in [0.1, 0.15) is 19.8 Å². The lowest BCUT2D eigenvalue weighted by molar-refractivity contribution is 0.0231. The van der Waals surface area contributed by atoms with Crippen molar-refractivity contribution in [3.63, 3.8) is 0 Å². The highest BCUT2D eigenvalue weighted by Crippen LogP contribution is 2.22. The molecule has 1 saturated heterocycles. The van der Waals surface area contributed by atoms with E-state index < -0.39 is 11.6 Å². The summed E-state index contributed by atoms with van der Waals surface area (Å²) in [6, 6.07) is 0.940. The van der Waals surface area contributed by atoms with Crippen molar-refractivity contribution < 1.29 is 13.5 Å². The summed E-state index contributed by atoms with van der Waals surface area (Å²) in [5.74, 6) is -1.25. The maximum atomic E-state index is 13.6. The Hall–Kier alpha value is -1.43. The third kappa shape index (κ3) is 2.87. The molecule has 18 heavy (non-hydrogen) atoms. The maximum absolute atomic E-state index is 13.6. The molecule has 0 radical (unpaired) electrons. The van der Waals surface area contributed by atoms with Crippen LogP contribution in [-0.2, 0) is 4.74 Å². The summed E-state index contributed by atoms with van der Waals surface area (Å²) >= 11 is 0. The normalized spacial score (nSPS) is 23.8. The van der Waals surface area contributed by atoms with Gasteiger partial charge in [-0.15, -0.1) is 0 Å². The van der Waals surface area contributed by atoms with Gasteiger partial charge in [0.05, 0.1) is 6.10 Å². The van der Waals surface area contributed by atoms with Gasteiger partial charge in [0.1, 0.15) is 0 Å². The first-order valence-corrected chi connectivity index (χ1v) is 6.02. The molecular weight excluding hydrogens is 240 g/mol. The molecule has 1 aliphatic heterocycles. The fourth-order valence-corrected chi connectivity index (χ4v) is 2.07. The monoisotopic (exact) mass is 257 g/mol. The van der Waals surface area contributed by atoms with Crippen LogP contribution in [0.3, 0.4) is 0 Å². The lowest BCUT2D eigenvalue weighted by Crippen LogP contribution is -2.33. The average Bonchev–Trinajstić information content (AvgIpc) is 2.33. The van der Waals surface area contributed by atoms with Crippen molar-refractivity contribution in [2.45, 2.75) is 31.9 Å². The lowest BCUT2D eigenvalue weighted by Gasteiger charge is -2.28.